The molecule has 0 bridgehead atoms. The number of hydrogen-bond donors (Lipinski definition) is 7. The first-order valence-electron chi connectivity index (χ1n) is 7.31. The van der Waals surface area contributed by atoms with Gasteiger partial charge in [0.1, 0.15) is 6.04 Å². The number of nitrogens with zero attached hydrogens (tertiary/aromatic N) is 1. The molecule has 0 unspecified atom stereocenters. The van der Waals surface area contributed by atoms with Gasteiger partial charge in [0.25, 0.3) is 0 Å². The molecule has 0 aliphatic rings. The summed E-state index contributed by atoms with van der Waals surface area (Å²) in [6.45, 7) is 0.357. The van der Waals surface area contributed by atoms with E-state index in [1.54, 1.807) is 30.3 Å². The molecular formula is C14H22N6O6. The largest absolute Gasteiger partial charge is 0.480 e. The Labute approximate surface area is 148 Å². The first-order chi connectivity index (χ1) is 12.1. The molecule has 5 amide bonds. The van der Waals surface area contributed by atoms with Gasteiger partial charge in [-0.15, -0.1) is 0 Å². The van der Waals surface area contributed by atoms with E-state index in [2.05, 4.69) is 5.32 Å². The van der Waals surface area contributed by atoms with Crippen molar-refractivity contribution in [2.24, 2.45) is 17.2 Å². The number of carbonyl (C=O) groups is 4. The monoisotopic (exact) mass is 370 g/mol. The zero-order valence-corrected chi connectivity index (χ0v) is 13.8. The van der Waals surface area contributed by atoms with Crippen molar-refractivity contribution in [3.8, 4) is 0 Å². The second-order valence-corrected chi connectivity index (χ2v) is 4.80. The Hall–Kier alpha value is -3.54. The number of para-hydroxylation sites is 1. The molecule has 0 spiro atoms. The molecule has 0 aromatic heterocycles. The van der Waals surface area contributed by atoms with Crippen LogP contribution >= 0.6 is 0 Å². The fourth-order valence-corrected chi connectivity index (χ4v) is 1.58. The molecular weight excluding hydrogens is 348 g/mol. The van der Waals surface area contributed by atoms with E-state index in [1.165, 1.54) is 0 Å². The number of carboxylic acids is 1. The summed E-state index contributed by atoms with van der Waals surface area (Å²) in [7, 11) is 0. The van der Waals surface area contributed by atoms with E-state index in [1.807, 2.05) is 5.43 Å². The number of amides is 5. The first-order valence-corrected chi connectivity index (χ1v) is 7.31. The standard InChI is InChI=1S/C8H9N3O3.C6H13N3O3/c9-7(12)11(10-8(13)14)6-4-2-1-3-5-6;7-4(5(10)11)2-1-3-9-6(8)12/h1-5,10H,(H2,9,12)(H,13,14);4H,1-3,7H2,(H,10,11)(H3,8,9,12)/t;4-/m.0/s1. The van der Waals surface area contributed by atoms with Crippen molar-refractivity contribution in [1.82, 2.24) is 10.7 Å². The van der Waals surface area contributed by atoms with Crippen LogP contribution in [0.3, 0.4) is 0 Å². The van der Waals surface area contributed by atoms with Crippen LogP contribution < -0.4 is 33.0 Å². The number of hydrogen-bond acceptors (Lipinski definition) is 5. The van der Waals surface area contributed by atoms with Gasteiger partial charge in [-0.25, -0.2) is 24.8 Å². The highest BCUT2D eigenvalue weighted by Crippen LogP contribution is 2.09. The molecule has 144 valence electrons. The molecule has 10 N–H and O–H groups in total. The Bertz CT molecular complexity index is 611. The minimum Gasteiger partial charge on any atom is -0.480 e. The average molecular weight is 370 g/mol. The smallest absolute Gasteiger partial charge is 0.424 e. The molecule has 0 radical (unpaired) electrons. The van der Waals surface area contributed by atoms with Crippen LogP contribution in [0.15, 0.2) is 30.3 Å². The average Bonchev–Trinajstić information content (AvgIpc) is 2.57. The Balaban J connectivity index is 0.000000488. The molecule has 12 nitrogen and oxygen atoms in total. The highest BCUT2D eigenvalue weighted by Gasteiger charge is 2.13. The summed E-state index contributed by atoms with van der Waals surface area (Å²) in [6.07, 6.45) is -0.515. The van der Waals surface area contributed by atoms with Gasteiger partial charge >= 0.3 is 24.1 Å². The van der Waals surface area contributed by atoms with Crippen LogP contribution in [0.1, 0.15) is 12.8 Å². The summed E-state index contributed by atoms with van der Waals surface area (Å²) in [5.74, 6) is -1.03. The number of benzene rings is 1. The zero-order valence-electron chi connectivity index (χ0n) is 13.8. The number of hydrazine groups is 1. The number of urea groups is 2. The van der Waals surface area contributed by atoms with Gasteiger partial charge < -0.3 is 32.7 Å². The van der Waals surface area contributed by atoms with E-state index < -0.39 is 30.2 Å². The van der Waals surface area contributed by atoms with Crippen molar-refractivity contribution in [2.45, 2.75) is 18.9 Å². The number of nitrogens with one attached hydrogen (secondary N) is 2. The van der Waals surface area contributed by atoms with E-state index in [0.29, 0.717) is 25.1 Å². The molecule has 1 aromatic rings. The SMILES string of the molecule is NC(=O)N(NC(=O)O)c1ccccc1.NC(=O)NCCC[C@H](N)C(=O)O. The van der Waals surface area contributed by atoms with E-state index >= 15 is 0 Å². The summed E-state index contributed by atoms with van der Waals surface area (Å²) in [5, 5.41) is 19.9. The lowest BCUT2D eigenvalue weighted by atomic mass is 10.2. The van der Waals surface area contributed by atoms with Gasteiger partial charge in [-0.05, 0) is 25.0 Å². The number of rotatable bonds is 6. The molecule has 12 heteroatoms. The zero-order chi connectivity index (χ0) is 20.1. The molecule has 0 aliphatic heterocycles. The molecule has 1 atom stereocenters. The van der Waals surface area contributed by atoms with Crippen molar-refractivity contribution in [3.63, 3.8) is 0 Å². The fourth-order valence-electron chi connectivity index (χ4n) is 1.58. The number of anilines is 1. The normalized spacial score (nSPS) is 10.5. The molecule has 0 saturated carbocycles. The second-order valence-electron chi connectivity index (χ2n) is 4.80. The van der Waals surface area contributed by atoms with Crippen LogP contribution in [-0.4, -0.2) is 46.9 Å². The number of carbonyl (C=O) groups excluding carboxylic acids is 2. The Morgan fingerprint density at radius 1 is 1.08 bits per heavy atom. The molecule has 1 rings (SSSR count). The molecule has 0 fully saturated rings. The molecule has 0 saturated heterocycles. The number of carboxylic acid groups (broad SMARTS) is 2. The predicted molar refractivity (Wildman–Crippen MR) is 92.1 cm³/mol. The van der Waals surface area contributed by atoms with Crippen molar-refractivity contribution < 1.29 is 29.4 Å². The maximum Gasteiger partial charge on any atom is 0.424 e. The van der Waals surface area contributed by atoms with Crippen LogP contribution in [0, 0.1) is 0 Å². The van der Waals surface area contributed by atoms with E-state index in [0.717, 1.165) is 5.01 Å². The lowest BCUT2D eigenvalue weighted by Crippen LogP contribution is -2.48. The highest BCUT2D eigenvalue weighted by molar-refractivity contribution is 5.92. The van der Waals surface area contributed by atoms with Crippen LogP contribution in [0.2, 0.25) is 0 Å². The van der Waals surface area contributed by atoms with E-state index in [-0.39, 0.29) is 0 Å². The van der Waals surface area contributed by atoms with Gasteiger partial charge in [-0.3, -0.25) is 4.79 Å². The predicted octanol–water partition coefficient (Wildman–Crippen LogP) is -0.399. The first kappa shape index (κ1) is 22.5. The molecule has 1 aromatic carbocycles. The van der Waals surface area contributed by atoms with Crippen molar-refractivity contribution >= 4 is 29.8 Å². The van der Waals surface area contributed by atoms with E-state index in [4.69, 9.17) is 27.4 Å². The van der Waals surface area contributed by atoms with Gasteiger partial charge in [0.2, 0.25) is 0 Å². The third kappa shape index (κ3) is 10.3. The number of primary amides is 2. The van der Waals surface area contributed by atoms with Gasteiger partial charge in [-0.1, -0.05) is 18.2 Å². The summed E-state index contributed by atoms with van der Waals surface area (Å²) in [5.41, 5.74) is 17.2. The van der Waals surface area contributed by atoms with Gasteiger partial charge in [0.05, 0.1) is 5.69 Å². The lowest BCUT2D eigenvalue weighted by molar-refractivity contribution is -0.138. The third-order valence-corrected chi connectivity index (χ3v) is 2.75. The van der Waals surface area contributed by atoms with Gasteiger partial charge in [-0.2, -0.15) is 0 Å². The van der Waals surface area contributed by atoms with Crippen molar-refractivity contribution in [1.29, 1.82) is 0 Å². The molecule has 0 aliphatic carbocycles. The Morgan fingerprint density at radius 3 is 2.08 bits per heavy atom. The van der Waals surface area contributed by atoms with Crippen molar-refractivity contribution in [2.75, 3.05) is 11.6 Å². The fraction of sp³-hybridized carbons (Fsp3) is 0.286. The molecule has 0 heterocycles. The van der Waals surface area contributed by atoms with Crippen molar-refractivity contribution in [3.05, 3.63) is 30.3 Å². The summed E-state index contributed by atoms with van der Waals surface area (Å²) in [6, 6.07) is 5.81. The number of aliphatic carboxylic acids is 1. The maximum absolute atomic E-state index is 10.9. The summed E-state index contributed by atoms with van der Waals surface area (Å²) >= 11 is 0. The van der Waals surface area contributed by atoms with Crippen LogP contribution in [0.5, 0.6) is 0 Å². The van der Waals surface area contributed by atoms with Gasteiger partial charge in [0.15, 0.2) is 0 Å². The highest BCUT2D eigenvalue weighted by atomic mass is 16.4. The van der Waals surface area contributed by atoms with Crippen LogP contribution in [-0.2, 0) is 4.79 Å². The minimum atomic E-state index is -1.35. The lowest BCUT2D eigenvalue weighted by Gasteiger charge is -2.18. The van der Waals surface area contributed by atoms with Crippen LogP contribution in [0.4, 0.5) is 20.1 Å². The second kappa shape index (κ2) is 11.9. The Morgan fingerprint density at radius 2 is 1.65 bits per heavy atom. The van der Waals surface area contributed by atoms with E-state index in [9.17, 15) is 19.2 Å². The summed E-state index contributed by atoms with van der Waals surface area (Å²) < 4.78 is 0. The van der Waals surface area contributed by atoms with Gasteiger partial charge in [0, 0.05) is 6.54 Å². The topological polar surface area (TPSA) is 214 Å². The number of nitrogens with two attached hydrogens (primary N) is 3. The third-order valence-electron chi connectivity index (χ3n) is 2.75. The maximum atomic E-state index is 10.9. The van der Waals surface area contributed by atoms with Crippen LogP contribution in [0.25, 0.3) is 0 Å². The minimum absolute atomic E-state index is 0.329. The quantitative estimate of drug-likeness (QED) is 0.259. The summed E-state index contributed by atoms with van der Waals surface area (Å²) in [4.78, 5) is 41.5. The molecule has 26 heavy (non-hydrogen) atoms. The Kier molecular flexibility index (Phi) is 10.3.